The first kappa shape index (κ1) is 32.1. The van der Waals surface area contributed by atoms with E-state index in [0.717, 1.165) is 22.3 Å². The Balaban J connectivity index is 0.00000119. The normalized spacial score (nSPS) is 10.5. The topological polar surface area (TPSA) is 148 Å². The average Bonchev–Trinajstić information content (AvgIpc) is 3.00. The number of carbonyl (C=O) groups is 4. The quantitative estimate of drug-likeness (QED) is 0.215. The summed E-state index contributed by atoms with van der Waals surface area (Å²) >= 11 is 0. The summed E-state index contributed by atoms with van der Waals surface area (Å²) in [5.74, 6) is -0.533. The molecular formula is C34H35N3O6. The van der Waals surface area contributed by atoms with Crippen molar-refractivity contribution in [2.45, 2.75) is 26.4 Å². The number of likely N-dealkylation sites (N-methyl/N-ethyl adjacent to an activating group) is 1. The van der Waals surface area contributed by atoms with E-state index in [4.69, 9.17) is 4.74 Å². The molecule has 0 fully saturated rings. The Morgan fingerprint density at radius 3 is 1.51 bits per heavy atom. The second-order valence-corrected chi connectivity index (χ2v) is 10.1. The van der Waals surface area contributed by atoms with Crippen molar-refractivity contribution in [3.8, 4) is 33.8 Å². The van der Waals surface area contributed by atoms with Crippen LogP contribution < -0.4 is 21.1 Å². The van der Waals surface area contributed by atoms with E-state index in [9.17, 15) is 24.3 Å². The molecule has 0 aliphatic carbocycles. The lowest BCUT2D eigenvalue weighted by molar-refractivity contribution is -0.135. The minimum atomic E-state index is -1.21. The molecule has 0 spiro atoms. The van der Waals surface area contributed by atoms with Crippen LogP contribution in [-0.4, -0.2) is 47.8 Å². The molecule has 0 aromatic heterocycles. The van der Waals surface area contributed by atoms with Crippen LogP contribution in [0.2, 0.25) is 0 Å². The molecule has 0 radical (unpaired) electrons. The summed E-state index contributed by atoms with van der Waals surface area (Å²) in [6, 6.07) is 29.2. The van der Waals surface area contributed by atoms with Gasteiger partial charge >= 0.3 is 0 Å². The zero-order valence-electron chi connectivity index (χ0n) is 24.5. The van der Waals surface area contributed by atoms with Gasteiger partial charge in [0.2, 0.25) is 11.8 Å². The number of carbonyl (C=O) groups excluding carboxylic acids is 4. The fourth-order valence-corrected chi connectivity index (χ4v) is 3.97. The van der Waals surface area contributed by atoms with Crippen LogP contribution in [0.3, 0.4) is 0 Å². The Kier molecular flexibility index (Phi) is 10.8. The number of nitrogens with two attached hydrogens (primary N) is 1. The van der Waals surface area contributed by atoms with Crippen LogP contribution in [0.5, 0.6) is 11.5 Å². The van der Waals surface area contributed by atoms with Gasteiger partial charge in [0, 0.05) is 25.1 Å². The van der Waals surface area contributed by atoms with Crippen LogP contribution in [0, 0.1) is 0 Å². The third-order valence-electron chi connectivity index (χ3n) is 6.29. The molecule has 9 heteroatoms. The number of ether oxygens (including phenoxy) is 1. The van der Waals surface area contributed by atoms with Crippen molar-refractivity contribution in [2.75, 3.05) is 13.6 Å². The van der Waals surface area contributed by atoms with E-state index in [1.54, 1.807) is 62.4 Å². The van der Waals surface area contributed by atoms with Gasteiger partial charge < -0.3 is 26.2 Å². The second-order valence-electron chi connectivity index (χ2n) is 10.1. The summed E-state index contributed by atoms with van der Waals surface area (Å²) in [7, 11) is 1.49. The molecule has 0 atom stereocenters. The highest BCUT2D eigenvalue weighted by Crippen LogP contribution is 2.27. The van der Waals surface area contributed by atoms with Gasteiger partial charge in [0.15, 0.2) is 11.4 Å². The van der Waals surface area contributed by atoms with Crippen LogP contribution in [0.1, 0.15) is 36.7 Å². The van der Waals surface area contributed by atoms with E-state index in [2.05, 4.69) is 16.4 Å². The number of amides is 3. The molecule has 4 aromatic rings. The minimum absolute atomic E-state index is 0.127. The Morgan fingerprint density at radius 2 is 1.09 bits per heavy atom. The zero-order valence-corrected chi connectivity index (χ0v) is 24.5. The summed E-state index contributed by atoms with van der Waals surface area (Å²) in [6.45, 7) is 4.38. The first-order valence-corrected chi connectivity index (χ1v) is 13.5. The van der Waals surface area contributed by atoms with Crippen LogP contribution >= 0.6 is 0 Å². The highest BCUT2D eigenvalue weighted by Gasteiger charge is 2.30. The summed E-state index contributed by atoms with van der Waals surface area (Å²) in [4.78, 5) is 46.0. The zero-order chi connectivity index (χ0) is 31.6. The molecule has 4 rings (SSSR count). The molecule has 222 valence electrons. The number of primary amides is 1. The maximum Gasteiger partial charge on any atom is 0.264 e. The van der Waals surface area contributed by atoms with Crippen molar-refractivity contribution < 1.29 is 29.0 Å². The van der Waals surface area contributed by atoms with Crippen molar-refractivity contribution in [2.24, 2.45) is 5.73 Å². The Bertz CT molecular complexity index is 1560. The predicted molar refractivity (Wildman–Crippen MR) is 166 cm³/mol. The largest absolute Gasteiger partial charge is 0.508 e. The lowest BCUT2D eigenvalue weighted by atomic mass is 9.97. The number of phenolic OH excluding ortho intramolecular Hbond substituents is 1. The van der Waals surface area contributed by atoms with Crippen LogP contribution in [0.4, 0.5) is 0 Å². The van der Waals surface area contributed by atoms with E-state index in [1.165, 1.54) is 14.0 Å². The average molecular weight is 582 g/mol. The molecule has 0 aliphatic heterocycles. The number of nitrogens with one attached hydrogen (secondary N) is 2. The Morgan fingerprint density at radius 1 is 0.721 bits per heavy atom. The van der Waals surface area contributed by atoms with Gasteiger partial charge in [-0.1, -0.05) is 60.7 Å². The second kappa shape index (κ2) is 14.5. The third-order valence-corrected chi connectivity index (χ3v) is 6.29. The lowest BCUT2D eigenvalue weighted by Gasteiger charge is -2.25. The van der Waals surface area contributed by atoms with Gasteiger partial charge in [-0.3, -0.25) is 19.2 Å². The molecule has 0 aliphatic rings. The number of hydrogen-bond donors (Lipinski definition) is 4. The smallest absolute Gasteiger partial charge is 0.264 e. The van der Waals surface area contributed by atoms with E-state index in [1.807, 2.05) is 48.5 Å². The number of phenols is 1. The Hall–Kier alpha value is -5.44. The highest BCUT2D eigenvalue weighted by molar-refractivity contribution is 6.09. The lowest BCUT2D eigenvalue weighted by Crippen LogP contribution is -2.49. The number of hydrogen-bond acceptors (Lipinski definition) is 6. The molecule has 0 saturated heterocycles. The van der Waals surface area contributed by atoms with E-state index in [-0.39, 0.29) is 29.9 Å². The molecular weight excluding hydrogens is 546 g/mol. The third kappa shape index (κ3) is 9.29. The molecule has 5 N–H and O–H groups in total. The maximum absolute atomic E-state index is 13.0. The fraction of sp³-hybridized carbons (Fsp3) is 0.176. The molecule has 0 unspecified atom stereocenters. The first-order chi connectivity index (χ1) is 20.4. The molecule has 9 nitrogen and oxygen atoms in total. The van der Waals surface area contributed by atoms with Gasteiger partial charge in [0.25, 0.3) is 5.91 Å². The van der Waals surface area contributed by atoms with Crippen molar-refractivity contribution in [3.05, 3.63) is 108 Å². The van der Waals surface area contributed by atoms with Crippen LogP contribution in [0.25, 0.3) is 22.3 Å². The fourth-order valence-electron chi connectivity index (χ4n) is 3.97. The molecule has 0 saturated carbocycles. The van der Waals surface area contributed by atoms with Gasteiger partial charge in [0.1, 0.15) is 11.5 Å². The molecule has 0 heterocycles. The van der Waals surface area contributed by atoms with Gasteiger partial charge in [0.05, 0.1) is 6.54 Å². The number of benzene rings is 4. The monoisotopic (exact) mass is 581 g/mol. The van der Waals surface area contributed by atoms with Crippen molar-refractivity contribution in [3.63, 3.8) is 0 Å². The summed E-state index contributed by atoms with van der Waals surface area (Å²) < 4.78 is 5.81. The minimum Gasteiger partial charge on any atom is -0.508 e. The molecule has 4 aromatic carbocycles. The van der Waals surface area contributed by atoms with Gasteiger partial charge in [-0.25, -0.2) is 0 Å². The molecule has 43 heavy (non-hydrogen) atoms. The number of aromatic hydroxyl groups is 1. The van der Waals surface area contributed by atoms with Crippen molar-refractivity contribution >= 4 is 23.5 Å². The number of ketones is 1. The predicted octanol–water partition coefficient (Wildman–Crippen LogP) is 4.47. The highest BCUT2D eigenvalue weighted by atomic mass is 16.5. The van der Waals surface area contributed by atoms with Crippen LogP contribution in [0.15, 0.2) is 97.1 Å². The Labute approximate surface area is 250 Å². The maximum atomic E-state index is 13.0. The van der Waals surface area contributed by atoms with Crippen molar-refractivity contribution in [1.29, 1.82) is 0 Å². The van der Waals surface area contributed by atoms with E-state index < -0.39 is 11.5 Å². The van der Waals surface area contributed by atoms with Crippen molar-refractivity contribution in [1.82, 2.24) is 10.6 Å². The SMILES string of the molecule is CC(N)=O.CNC(=O)CNC(=O)C(C)(C)Oc1ccc(C(=O)c2ccc(-c3ccc(-c4ccc(O)cc4)cc3)cc2)cc1. The summed E-state index contributed by atoms with van der Waals surface area (Å²) in [5, 5.41) is 14.5. The molecule has 0 bridgehead atoms. The van der Waals surface area contributed by atoms with Crippen LogP contribution in [-0.2, 0) is 14.4 Å². The van der Waals surface area contributed by atoms with Gasteiger partial charge in [-0.2, -0.15) is 0 Å². The first-order valence-electron chi connectivity index (χ1n) is 13.5. The summed E-state index contributed by atoms with van der Waals surface area (Å²) in [6.07, 6.45) is 0. The molecule has 3 amide bonds. The van der Waals surface area contributed by atoms with Gasteiger partial charge in [-0.05, 0) is 72.5 Å². The number of rotatable bonds is 9. The standard InChI is InChI=1S/C32H30N2O5.C2H5NO/c1-32(2,31(38)34-20-29(36)33-3)39-28-18-14-26(15-19-28)30(37)25-10-8-23(9-11-25)21-4-6-22(7-5-21)24-12-16-27(35)17-13-24;1-2(3)4/h4-19,35H,20H2,1-3H3,(H,33,36)(H,34,38);1H3,(H2,3,4). The van der Waals surface area contributed by atoms with E-state index >= 15 is 0 Å². The van der Waals surface area contributed by atoms with E-state index in [0.29, 0.717) is 16.9 Å². The summed E-state index contributed by atoms with van der Waals surface area (Å²) in [5.41, 5.74) is 8.40. The van der Waals surface area contributed by atoms with Gasteiger partial charge in [-0.15, -0.1) is 0 Å².